The molecule has 0 N–H and O–H groups in total. The lowest BCUT2D eigenvalue weighted by atomic mass is 10.1. The van der Waals surface area contributed by atoms with Crippen LogP contribution < -0.4 is 9.47 Å². The van der Waals surface area contributed by atoms with Gasteiger partial charge in [0.15, 0.2) is 11.5 Å². The van der Waals surface area contributed by atoms with E-state index in [-0.39, 0.29) is 6.29 Å². The molecule has 1 aromatic carbocycles. The van der Waals surface area contributed by atoms with Gasteiger partial charge in [-0.15, -0.1) is 0 Å². The number of rotatable bonds is 1. The van der Waals surface area contributed by atoms with Crippen molar-refractivity contribution in [2.24, 2.45) is 5.92 Å². The van der Waals surface area contributed by atoms with Crippen molar-refractivity contribution < 1.29 is 14.2 Å². The normalized spacial score (nSPS) is 25.6. The molecule has 3 heteroatoms. The van der Waals surface area contributed by atoms with E-state index in [9.17, 15) is 0 Å². The molecule has 1 unspecified atom stereocenters. The second-order valence-electron chi connectivity index (χ2n) is 3.67. The van der Waals surface area contributed by atoms with Crippen LogP contribution in [0.4, 0.5) is 0 Å². The lowest BCUT2D eigenvalue weighted by molar-refractivity contribution is -0.00718. The molecule has 0 radical (unpaired) electrons. The molecule has 14 heavy (non-hydrogen) atoms. The Morgan fingerprint density at radius 1 is 1.07 bits per heavy atom. The Balaban J connectivity index is 1.77. The van der Waals surface area contributed by atoms with Crippen LogP contribution in [0.25, 0.3) is 0 Å². The topological polar surface area (TPSA) is 27.7 Å². The molecular weight excluding hydrogens is 180 g/mol. The third-order valence-corrected chi connectivity index (χ3v) is 2.69. The maximum absolute atomic E-state index is 5.69. The van der Waals surface area contributed by atoms with Gasteiger partial charge in [0.25, 0.3) is 0 Å². The molecule has 3 rings (SSSR count). The van der Waals surface area contributed by atoms with E-state index in [1.54, 1.807) is 0 Å². The van der Waals surface area contributed by atoms with Crippen molar-refractivity contribution in [3.63, 3.8) is 0 Å². The van der Waals surface area contributed by atoms with Crippen molar-refractivity contribution in [3.8, 4) is 11.5 Å². The first-order chi connectivity index (χ1) is 6.93. The van der Waals surface area contributed by atoms with Crippen molar-refractivity contribution in [3.05, 3.63) is 24.3 Å². The van der Waals surface area contributed by atoms with Crippen molar-refractivity contribution in [2.75, 3.05) is 13.2 Å². The molecule has 0 aliphatic carbocycles. The maximum Gasteiger partial charge on any atom is 0.246 e. The molecular formula is C11H12O3. The van der Waals surface area contributed by atoms with E-state index in [0.717, 1.165) is 31.1 Å². The monoisotopic (exact) mass is 192 g/mol. The Kier molecular flexibility index (Phi) is 1.84. The second kappa shape index (κ2) is 3.17. The van der Waals surface area contributed by atoms with E-state index < -0.39 is 0 Å². The van der Waals surface area contributed by atoms with E-state index >= 15 is 0 Å². The molecule has 1 fully saturated rings. The van der Waals surface area contributed by atoms with Crippen LogP contribution in [0, 0.1) is 5.92 Å². The van der Waals surface area contributed by atoms with Gasteiger partial charge in [-0.05, 0) is 18.6 Å². The number of benzene rings is 1. The Morgan fingerprint density at radius 2 is 1.79 bits per heavy atom. The molecule has 0 saturated carbocycles. The van der Waals surface area contributed by atoms with E-state index in [0.29, 0.717) is 5.92 Å². The number of fused-ring (bicyclic) bond motifs is 1. The first kappa shape index (κ1) is 8.12. The number of hydrogen-bond donors (Lipinski definition) is 0. The third kappa shape index (κ3) is 1.24. The van der Waals surface area contributed by atoms with E-state index in [1.165, 1.54) is 0 Å². The quantitative estimate of drug-likeness (QED) is 0.679. The summed E-state index contributed by atoms with van der Waals surface area (Å²) in [6.07, 6.45) is 0.883. The van der Waals surface area contributed by atoms with Gasteiger partial charge in [-0.1, -0.05) is 12.1 Å². The molecule has 2 aliphatic rings. The predicted molar refractivity (Wildman–Crippen MR) is 50.4 cm³/mol. The van der Waals surface area contributed by atoms with Crippen molar-refractivity contribution in [1.82, 2.24) is 0 Å². The van der Waals surface area contributed by atoms with Gasteiger partial charge in [-0.25, -0.2) is 0 Å². The Bertz CT molecular complexity index is 306. The van der Waals surface area contributed by atoms with E-state index in [4.69, 9.17) is 14.2 Å². The van der Waals surface area contributed by atoms with Gasteiger partial charge in [0.1, 0.15) is 0 Å². The highest BCUT2D eigenvalue weighted by Gasteiger charge is 2.34. The standard InChI is InChI=1S/C11H12O3/c1-2-4-10-9(3-1)13-11(14-10)8-5-6-12-7-8/h1-4,8,11H,5-7H2. The Labute approximate surface area is 82.6 Å². The van der Waals surface area contributed by atoms with Gasteiger partial charge in [-0.3, -0.25) is 0 Å². The first-order valence-corrected chi connectivity index (χ1v) is 4.93. The number of para-hydroxylation sites is 2. The second-order valence-corrected chi connectivity index (χ2v) is 3.67. The Hall–Kier alpha value is -1.22. The van der Waals surface area contributed by atoms with Crippen LogP contribution in [0.5, 0.6) is 11.5 Å². The highest BCUT2D eigenvalue weighted by atomic mass is 16.7. The molecule has 1 saturated heterocycles. The van der Waals surface area contributed by atoms with Crippen LogP contribution >= 0.6 is 0 Å². The molecule has 3 nitrogen and oxygen atoms in total. The summed E-state index contributed by atoms with van der Waals surface area (Å²) in [6, 6.07) is 7.78. The van der Waals surface area contributed by atoms with Gasteiger partial charge in [0.05, 0.1) is 12.5 Å². The summed E-state index contributed by atoms with van der Waals surface area (Å²) >= 11 is 0. The van der Waals surface area contributed by atoms with Gasteiger partial charge in [0.2, 0.25) is 6.29 Å². The fourth-order valence-electron chi connectivity index (χ4n) is 1.88. The molecule has 2 aliphatic heterocycles. The molecule has 74 valence electrons. The molecule has 0 bridgehead atoms. The van der Waals surface area contributed by atoms with Crippen LogP contribution in [-0.2, 0) is 4.74 Å². The van der Waals surface area contributed by atoms with Gasteiger partial charge >= 0.3 is 0 Å². The van der Waals surface area contributed by atoms with E-state index in [1.807, 2.05) is 24.3 Å². The largest absolute Gasteiger partial charge is 0.451 e. The van der Waals surface area contributed by atoms with Crippen LogP contribution in [0.15, 0.2) is 24.3 Å². The summed E-state index contributed by atoms with van der Waals surface area (Å²) in [5, 5.41) is 0. The summed E-state index contributed by atoms with van der Waals surface area (Å²) in [5.41, 5.74) is 0. The van der Waals surface area contributed by atoms with Crippen molar-refractivity contribution >= 4 is 0 Å². The summed E-state index contributed by atoms with van der Waals surface area (Å²) in [6.45, 7) is 1.57. The highest BCUT2D eigenvalue weighted by Crippen LogP contribution is 2.37. The minimum Gasteiger partial charge on any atom is -0.451 e. The maximum atomic E-state index is 5.69. The van der Waals surface area contributed by atoms with Gasteiger partial charge in [-0.2, -0.15) is 0 Å². The number of ether oxygens (including phenoxy) is 3. The minimum absolute atomic E-state index is 0.144. The number of hydrogen-bond acceptors (Lipinski definition) is 3. The lowest BCUT2D eigenvalue weighted by Gasteiger charge is -2.15. The minimum atomic E-state index is -0.144. The van der Waals surface area contributed by atoms with Crippen LogP contribution in [0.2, 0.25) is 0 Å². The molecule has 0 amide bonds. The highest BCUT2D eigenvalue weighted by molar-refractivity contribution is 5.41. The smallest absolute Gasteiger partial charge is 0.246 e. The molecule has 2 heterocycles. The third-order valence-electron chi connectivity index (χ3n) is 2.69. The van der Waals surface area contributed by atoms with Gasteiger partial charge < -0.3 is 14.2 Å². The van der Waals surface area contributed by atoms with Gasteiger partial charge in [0, 0.05) is 6.61 Å². The molecule has 0 spiro atoms. The van der Waals surface area contributed by atoms with Crippen LogP contribution in [0.1, 0.15) is 6.42 Å². The molecule has 1 atom stereocenters. The summed E-state index contributed by atoms with van der Waals surface area (Å²) in [7, 11) is 0. The molecule has 1 aromatic rings. The van der Waals surface area contributed by atoms with Crippen LogP contribution in [0.3, 0.4) is 0 Å². The van der Waals surface area contributed by atoms with Crippen molar-refractivity contribution in [1.29, 1.82) is 0 Å². The predicted octanol–water partition coefficient (Wildman–Crippen LogP) is 1.82. The zero-order valence-electron chi connectivity index (χ0n) is 7.81. The van der Waals surface area contributed by atoms with Crippen LogP contribution in [-0.4, -0.2) is 19.5 Å². The summed E-state index contributed by atoms with van der Waals surface area (Å²) < 4.78 is 16.7. The average molecular weight is 192 g/mol. The summed E-state index contributed by atoms with van der Waals surface area (Å²) in [5.74, 6) is 2.08. The average Bonchev–Trinajstić information content (AvgIpc) is 2.86. The lowest BCUT2D eigenvalue weighted by Crippen LogP contribution is -2.28. The molecule has 0 aromatic heterocycles. The fourth-order valence-corrected chi connectivity index (χ4v) is 1.88. The SMILES string of the molecule is c1ccc2c(c1)OC(C1CCOC1)O2. The zero-order chi connectivity index (χ0) is 9.38. The summed E-state index contributed by atoms with van der Waals surface area (Å²) in [4.78, 5) is 0. The zero-order valence-corrected chi connectivity index (χ0v) is 7.81. The fraction of sp³-hybridized carbons (Fsp3) is 0.455. The van der Waals surface area contributed by atoms with Crippen molar-refractivity contribution in [2.45, 2.75) is 12.7 Å². The first-order valence-electron chi connectivity index (χ1n) is 4.93. The Morgan fingerprint density at radius 3 is 2.36 bits per heavy atom. The van der Waals surface area contributed by atoms with E-state index in [2.05, 4.69) is 0 Å².